The summed E-state index contributed by atoms with van der Waals surface area (Å²) in [6.07, 6.45) is -0.144. The molecule has 0 aliphatic carbocycles. The number of carboxylic acids is 1. The van der Waals surface area contributed by atoms with Gasteiger partial charge in [-0.05, 0) is 36.6 Å². The number of benzene rings is 2. The van der Waals surface area contributed by atoms with E-state index < -0.39 is 18.0 Å². The quantitative estimate of drug-likeness (QED) is 0.909. The fraction of sp³-hybridized carbons (Fsp3) is 0.300. The first-order valence-electron chi connectivity index (χ1n) is 8.38. The van der Waals surface area contributed by atoms with Crippen molar-refractivity contribution in [1.82, 2.24) is 4.90 Å². The molecule has 1 amide bonds. The third-order valence-electron chi connectivity index (χ3n) is 4.47. The van der Waals surface area contributed by atoms with E-state index in [0.29, 0.717) is 18.7 Å². The van der Waals surface area contributed by atoms with E-state index in [2.05, 4.69) is 0 Å². The summed E-state index contributed by atoms with van der Waals surface area (Å²) in [5.74, 6) is -0.868. The van der Waals surface area contributed by atoms with Gasteiger partial charge in [0.15, 0.2) is 6.10 Å². The zero-order valence-electron chi connectivity index (χ0n) is 14.1. The van der Waals surface area contributed by atoms with Gasteiger partial charge in [0.25, 0.3) is 5.91 Å². The average molecular weight is 339 g/mol. The number of rotatable bonds is 5. The molecule has 130 valence electrons. The summed E-state index contributed by atoms with van der Waals surface area (Å²) in [5, 5.41) is 9.04. The van der Waals surface area contributed by atoms with Gasteiger partial charge < -0.3 is 14.7 Å². The van der Waals surface area contributed by atoms with Crippen LogP contribution in [0.3, 0.4) is 0 Å². The van der Waals surface area contributed by atoms with Crippen LogP contribution in [-0.2, 0) is 9.59 Å². The number of nitrogens with zero attached hydrogens (tertiary/aromatic N) is 1. The second-order valence-corrected chi connectivity index (χ2v) is 6.26. The Hall–Kier alpha value is -2.82. The molecule has 0 saturated carbocycles. The number of carboxylic acid groups (broad SMARTS) is 1. The van der Waals surface area contributed by atoms with Crippen molar-refractivity contribution in [1.29, 1.82) is 0 Å². The molecule has 25 heavy (non-hydrogen) atoms. The summed E-state index contributed by atoms with van der Waals surface area (Å²) in [4.78, 5) is 25.0. The van der Waals surface area contributed by atoms with Crippen molar-refractivity contribution in [3.8, 4) is 16.9 Å². The Morgan fingerprint density at radius 2 is 1.72 bits per heavy atom. The number of hydrogen-bond donors (Lipinski definition) is 1. The molecule has 1 aliphatic rings. The topological polar surface area (TPSA) is 66.8 Å². The molecule has 1 aliphatic heterocycles. The lowest BCUT2D eigenvalue weighted by atomic mass is 10.1. The van der Waals surface area contributed by atoms with E-state index in [9.17, 15) is 9.59 Å². The van der Waals surface area contributed by atoms with E-state index in [1.165, 1.54) is 0 Å². The first-order chi connectivity index (χ1) is 12.0. The second-order valence-electron chi connectivity index (χ2n) is 6.26. The van der Waals surface area contributed by atoms with Crippen molar-refractivity contribution in [2.24, 2.45) is 5.92 Å². The molecule has 5 nitrogen and oxygen atoms in total. The van der Waals surface area contributed by atoms with Crippen LogP contribution in [0, 0.1) is 5.92 Å². The number of carbonyl (C=O) groups is 2. The maximum absolute atomic E-state index is 12.4. The summed E-state index contributed by atoms with van der Waals surface area (Å²) < 4.78 is 5.74. The summed E-state index contributed by atoms with van der Waals surface area (Å²) in [6.45, 7) is 2.42. The molecule has 3 rings (SSSR count). The van der Waals surface area contributed by atoms with Crippen molar-refractivity contribution < 1.29 is 19.4 Å². The summed E-state index contributed by atoms with van der Waals surface area (Å²) in [6, 6.07) is 17.6. The number of amides is 1. The molecule has 2 aromatic carbocycles. The molecule has 2 aromatic rings. The van der Waals surface area contributed by atoms with E-state index in [-0.39, 0.29) is 12.5 Å². The van der Waals surface area contributed by atoms with Crippen LogP contribution in [-0.4, -0.2) is 41.1 Å². The van der Waals surface area contributed by atoms with Gasteiger partial charge in [-0.15, -0.1) is 0 Å². The van der Waals surface area contributed by atoms with Gasteiger partial charge in [0.2, 0.25) is 0 Å². The summed E-state index contributed by atoms with van der Waals surface area (Å²) >= 11 is 0. The lowest BCUT2D eigenvalue weighted by Crippen LogP contribution is -2.39. The Balaban J connectivity index is 1.60. The Morgan fingerprint density at radius 1 is 1.08 bits per heavy atom. The molecular weight excluding hydrogens is 318 g/mol. The maximum Gasteiger partial charge on any atom is 0.308 e. The second kappa shape index (κ2) is 7.38. The van der Waals surface area contributed by atoms with Crippen LogP contribution in [0.5, 0.6) is 5.75 Å². The van der Waals surface area contributed by atoms with E-state index in [1.807, 2.05) is 54.6 Å². The Kier molecular flexibility index (Phi) is 5.03. The van der Waals surface area contributed by atoms with Gasteiger partial charge in [0, 0.05) is 13.1 Å². The minimum atomic E-state index is -0.847. The number of ether oxygens (including phenoxy) is 1. The Morgan fingerprint density at radius 3 is 2.32 bits per heavy atom. The van der Waals surface area contributed by atoms with Gasteiger partial charge in [-0.2, -0.15) is 0 Å². The highest BCUT2D eigenvalue weighted by Gasteiger charge is 2.33. The van der Waals surface area contributed by atoms with E-state index in [4.69, 9.17) is 9.84 Å². The van der Waals surface area contributed by atoms with Gasteiger partial charge in [-0.25, -0.2) is 0 Å². The van der Waals surface area contributed by atoms with Crippen LogP contribution < -0.4 is 4.74 Å². The van der Waals surface area contributed by atoms with Crippen LogP contribution in [0.15, 0.2) is 54.6 Å². The first kappa shape index (κ1) is 17.0. The first-order valence-corrected chi connectivity index (χ1v) is 8.38. The fourth-order valence-electron chi connectivity index (χ4n) is 3.03. The highest BCUT2D eigenvalue weighted by atomic mass is 16.5. The van der Waals surface area contributed by atoms with Crippen LogP contribution in [0.25, 0.3) is 11.1 Å². The Bertz CT molecular complexity index is 742. The molecule has 1 fully saturated rings. The standard InChI is InChI=1S/C20H21NO4/c1-14(19(22)21-12-11-17(13-21)20(23)24)25-18-9-7-16(8-10-18)15-5-3-2-4-6-15/h2-10,14,17H,11-13H2,1H3,(H,23,24). The molecule has 1 N–H and O–H groups in total. The predicted octanol–water partition coefficient (Wildman–Crippen LogP) is 3.05. The molecule has 1 saturated heterocycles. The third-order valence-corrected chi connectivity index (χ3v) is 4.47. The molecule has 0 spiro atoms. The van der Waals surface area contributed by atoms with Crippen LogP contribution >= 0.6 is 0 Å². The molecule has 0 bridgehead atoms. The van der Waals surface area contributed by atoms with E-state index >= 15 is 0 Å². The highest BCUT2D eigenvalue weighted by molar-refractivity contribution is 5.82. The van der Waals surface area contributed by atoms with Gasteiger partial charge in [0.05, 0.1) is 5.92 Å². The molecule has 2 atom stereocenters. The van der Waals surface area contributed by atoms with Crippen molar-refractivity contribution in [2.75, 3.05) is 13.1 Å². The minimum Gasteiger partial charge on any atom is -0.481 e. The molecule has 0 aromatic heterocycles. The summed E-state index contributed by atoms with van der Waals surface area (Å²) in [5.41, 5.74) is 2.20. The lowest BCUT2D eigenvalue weighted by Gasteiger charge is -2.21. The summed E-state index contributed by atoms with van der Waals surface area (Å²) in [7, 11) is 0. The van der Waals surface area contributed by atoms with Gasteiger partial charge in [0.1, 0.15) is 5.75 Å². The molecule has 0 radical (unpaired) electrons. The maximum atomic E-state index is 12.4. The van der Waals surface area contributed by atoms with Crippen molar-refractivity contribution in [3.05, 3.63) is 54.6 Å². The van der Waals surface area contributed by atoms with Crippen LogP contribution in [0.4, 0.5) is 0 Å². The fourth-order valence-corrected chi connectivity index (χ4v) is 3.03. The average Bonchev–Trinajstić information content (AvgIpc) is 3.13. The van der Waals surface area contributed by atoms with Gasteiger partial charge >= 0.3 is 5.97 Å². The number of aliphatic carboxylic acids is 1. The monoisotopic (exact) mass is 339 g/mol. The minimum absolute atomic E-state index is 0.170. The number of likely N-dealkylation sites (tertiary alicyclic amines) is 1. The number of hydrogen-bond acceptors (Lipinski definition) is 3. The predicted molar refractivity (Wildman–Crippen MR) is 94.3 cm³/mol. The zero-order valence-corrected chi connectivity index (χ0v) is 14.1. The lowest BCUT2D eigenvalue weighted by molar-refractivity contribution is -0.142. The number of carbonyl (C=O) groups excluding carboxylic acids is 1. The van der Waals surface area contributed by atoms with Crippen molar-refractivity contribution in [3.63, 3.8) is 0 Å². The van der Waals surface area contributed by atoms with E-state index in [1.54, 1.807) is 11.8 Å². The van der Waals surface area contributed by atoms with E-state index in [0.717, 1.165) is 11.1 Å². The molecule has 1 heterocycles. The normalized spacial score (nSPS) is 18.0. The van der Waals surface area contributed by atoms with Gasteiger partial charge in [-0.1, -0.05) is 42.5 Å². The van der Waals surface area contributed by atoms with Gasteiger partial charge in [-0.3, -0.25) is 9.59 Å². The SMILES string of the molecule is CC(Oc1ccc(-c2ccccc2)cc1)C(=O)N1CCC(C(=O)O)C1. The van der Waals surface area contributed by atoms with Crippen LogP contribution in [0.1, 0.15) is 13.3 Å². The van der Waals surface area contributed by atoms with Crippen LogP contribution in [0.2, 0.25) is 0 Å². The smallest absolute Gasteiger partial charge is 0.308 e. The molecular formula is C20H21NO4. The largest absolute Gasteiger partial charge is 0.481 e. The van der Waals surface area contributed by atoms with Crippen molar-refractivity contribution >= 4 is 11.9 Å². The van der Waals surface area contributed by atoms with Crippen molar-refractivity contribution in [2.45, 2.75) is 19.4 Å². The zero-order chi connectivity index (χ0) is 17.8. The molecule has 5 heteroatoms. The highest BCUT2D eigenvalue weighted by Crippen LogP contribution is 2.23. The Labute approximate surface area is 146 Å². The molecule has 2 unspecified atom stereocenters. The third kappa shape index (κ3) is 3.99.